The van der Waals surface area contributed by atoms with E-state index in [-0.39, 0.29) is 30.2 Å². The maximum Gasteiger partial charge on any atom is 0.307 e. The van der Waals surface area contributed by atoms with Crippen LogP contribution in [0, 0.1) is 0 Å². The van der Waals surface area contributed by atoms with Gasteiger partial charge in [0, 0.05) is 6.54 Å². The molecule has 0 radical (unpaired) electrons. The van der Waals surface area contributed by atoms with Crippen molar-refractivity contribution in [3.63, 3.8) is 0 Å². The van der Waals surface area contributed by atoms with Gasteiger partial charge in [0.2, 0.25) is 0 Å². The first-order chi connectivity index (χ1) is 9.06. The number of rotatable bonds is 4. The molecule has 0 N–H and O–H groups in total. The average Bonchev–Trinajstić information content (AvgIpc) is 2.61. The van der Waals surface area contributed by atoms with Crippen LogP contribution in [0.25, 0.3) is 0 Å². The van der Waals surface area contributed by atoms with Crippen LogP contribution in [0.15, 0.2) is 18.2 Å². The number of Topliss-reactive ketones (excluding diaryl/α,β-unsaturated/α-hetero) is 1. The monoisotopic (exact) mass is 281 g/mol. The Kier molecular flexibility index (Phi) is 3.85. The zero-order chi connectivity index (χ0) is 14.0. The number of hydrogen-bond donors (Lipinski definition) is 0. The molecule has 1 aliphatic rings. The largest absolute Gasteiger partial charge is 0.466 e. The third-order valence-electron chi connectivity index (χ3n) is 2.79. The predicted molar refractivity (Wildman–Crippen MR) is 69.4 cm³/mol. The summed E-state index contributed by atoms with van der Waals surface area (Å²) in [6.07, 6.45) is 0.0405. The van der Waals surface area contributed by atoms with E-state index in [0.29, 0.717) is 5.69 Å². The van der Waals surface area contributed by atoms with Crippen LogP contribution in [-0.4, -0.2) is 30.8 Å². The summed E-state index contributed by atoms with van der Waals surface area (Å²) in [5.74, 6) is -1.70. The van der Waals surface area contributed by atoms with E-state index in [4.69, 9.17) is 16.3 Å². The van der Waals surface area contributed by atoms with Crippen LogP contribution in [-0.2, 0) is 14.3 Å². The Labute approximate surface area is 115 Å². The Hall–Kier alpha value is -1.88. The van der Waals surface area contributed by atoms with Gasteiger partial charge >= 0.3 is 5.97 Å². The van der Waals surface area contributed by atoms with E-state index < -0.39 is 17.7 Å². The molecule has 5 nitrogen and oxygen atoms in total. The summed E-state index contributed by atoms with van der Waals surface area (Å²) < 4.78 is 4.79. The Morgan fingerprint density at radius 3 is 2.79 bits per heavy atom. The molecule has 6 heteroatoms. The van der Waals surface area contributed by atoms with Crippen LogP contribution in [0.1, 0.15) is 23.7 Å². The molecular formula is C13H12ClNO4. The Balaban J connectivity index is 2.20. The van der Waals surface area contributed by atoms with E-state index in [2.05, 4.69) is 0 Å². The van der Waals surface area contributed by atoms with Crippen LogP contribution in [0.4, 0.5) is 5.69 Å². The van der Waals surface area contributed by atoms with Gasteiger partial charge in [-0.3, -0.25) is 14.4 Å². The number of carbonyl (C=O) groups excluding carboxylic acids is 3. The van der Waals surface area contributed by atoms with Crippen LogP contribution in [0.2, 0.25) is 5.02 Å². The molecule has 0 bridgehead atoms. The number of ether oxygens (including phenoxy) is 1. The van der Waals surface area contributed by atoms with E-state index >= 15 is 0 Å². The molecule has 0 aliphatic carbocycles. The van der Waals surface area contributed by atoms with E-state index in [1.54, 1.807) is 25.1 Å². The highest BCUT2D eigenvalue weighted by molar-refractivity contribution is 6.55. The van der Waals surface area contributed by atoms with Gasteiger partial charge in [0.1, 0.15) is 0 Å². The Morgan fingerprint density at radius 2 is 2.11 bits per heavy atom. The number of halogens is 1. The fourth-order valence-corrected chi connectivity index (χ4v) is 2.21. The molecule has 0 saturated carbocycles. The molecule has 1 aromatic rings. The number of nitrogens with zero attached hydrogens (tertiary/aromatic N) is 1. The highest BCUT2D eigenvalue weighted by atomic mass is 35.5. The number of benzene rings is 1. The Morgan fingerprint density at radius 1 is 1.37 bits per heavy atom. The minimum Gasteiger partial charge on any atom is -0.466 e. The van der Waals surface area contributed by atoms with Gasteiger partial charge in [0.25, 0.3) is 11.7 Å². The van der Waals surface area contributed by atoms with Crippen molar-refractivity contribution in [3.8, 4) is 0 Å². The summed E-state index contributed by atoms with van der Waals surface area (Å²) in [5, 5.41) is 0.245. The second kappa shape index (κ2) is 5.40. The number of fused-ring (bicyclic) bond motifs is 1. The van der Waals surface area contributed by atoms with E-state index in [0.717, 1.165) is 0 Å². The molecule has 0 atom stereocenters. The summed E-state index contributed by atoms with van der Waals surface area (Å²) in [6, 6.07) is 4.85. The van der Waals surface area contributed by atoms with Gasteiger partial charge in [-0.25, -0.2) is 0 Å². The molecule has 1 aliphatic heterocycles. The molecule has 0 unspecified atom stereocenters. The van der Waals surface area contributed by atoms with Crippen molar-refractivity contribution in [3.05, 3.63) is 28.8 Å². The van der Waals surface area contributed by atoms with Gasteiger partial charge in [-0.1, -0.05) is 17.7 Å². The van der Waals surface area contributed by atoms with Crippen molar-refractivity contribution in [2.45, 2.75) is 13.3 Å². The summed E-state index contributed by atoms with van der Waals surface area (Å²) in [5.41, 5.74) is 0.657. The molecule has 2 rings (SSSR count). The summed E-state index contributed by atoms with van der Waals surface area (Å²) >= 11 is 5.92. The maximum atomic E-state index is 11.9. The molecule has 1 aromatic carbocycles. The molecular weight excluding hydrogens is 270 g/mol. The van der Waals surface area contributed by atoms with Gasteiger partial charge in [0.05, 0.1) is 29.3 Å². The van der Waals surface area contributed by atoms with Crippen molar-refractivity contribution in [1.82, 2.24) is 0 Å². The number of esters is 1. The zero-order valence-electron chi connectivity index (χ0n) is 10.3. The van der Waals surface area contributed by atoms with Gasteiger partial charge in [-0.05, 0) is 19.1 Å². The molecule has 100 valence electrons. The van der Waals surface area contributed by atoms with Gasteiger partial charge in [-0.15, -0.1) is 0 Å². The van der Waals surface area contributed by atoms with Gasteiger partial charge < -0.3 is 9.64 Å². The van der Waals surface area contributed by atoms with Crippen LogP contribution >= 0.6 is 11.6 Å². The smallest absolute Gasteiger partial charge is 0.307 e. The second-order valence-electron chi connectivity index (χ2n) is 3.97. The summed E-state index contributed by atoms with van der Waals surface area (Å²) in [7, 11) is 0. The maximum absolute atomic E-state index is 11.9. The molecule has 0 spiro atoms. The van der Waals surface area contributed by atoms with E-state index in [1.807, 2.05) is 0 Å². The van der Waals surface area contributed by atoms with Crippen LogP contribution in [0.5, 0.6) is 0 Å². The summed E-state index contributed by atoms with van der Waals surface area (Å²) in [4.78, 5) is 36.2. The van der Waals surface area contributed by atoms with E-state index in [9.17, 15) is 14.4 Å². The second-order valence-corrected chi connectivity index (χ2v) is 4.38. The van der Waals surface area contributed by atoms with E-state index in [1.165, 1.54) is 4.90 Å². The minimum absolute atomic E-state index is 0.0405. The fourth-order valence-electron chi connectivity index (χ4n) is 1.96. The fraction of sp³-hybridized carbons (Fsp3) is 0.308. The molecule has 19 heavy (non-hydrogen) atoms. The molecule has 0 saturated heterocycles. The third-order valence-corrected chi connectivity index (χ3v) is 3.11. The number of amides is 1. The van der Waals surface area contributed by atoms with Gasteiger partial charge in [-0.2, -0.15) is 0 Å². The lowest BCUT2D eigenvalue weighted by molar-refractivity contribution is -0.142. The average molecular weight is 282 g/mol. The quantitative estimate of drug-likeness (QED) is 0.624. The van der Waals surface area contributed by atoms with Crippen LogP contribution < -0.4 is 4.90 Å². The van der Waals surface area contributed by atoms with Crippen molar-refractivity contribution in [2.75, 3.05) is 18.1 Å². The number of anilines is 1. The topological polar surface area (TPSA) is 63.7 Å². The lowest BCUT2D eigenvalue weighted by Gasteiger charge is -2.15. The minimum atomic E-state index is -0.660. The molecule has 0 fully saturated rings. The first-order valence-electron chi connectivity index (χ1n) is 5.86. The van der Waals surface area contributed by atoms with Crippen molar-refractivity contribution in [1.29, 1.82) is 0 Å². The highest BCUT2D eigenvalue weighted by Crippen LogP contribution is 2.33. The molecule has 1 heterocycles. The lowest BCUT2D eigenvalue weighted by atomic mass is 10.1. The van der Waals surface area contributed by atoms with Crippen molar-refractivity contribution < 1.29 is 19.1 Å². The zero-order valence-corrected chi connectivity index (χ0v) is 11.1. The van der Waals surface area contributed by atoms with Crippen molar-refractivity contribution >= 4 is 34.9 Å². The Bertz CT molecular complexity index is 556. The predicted octanol–water partition coefficient (Wildman–Crippen LogP) is 1.82. The highest BCUT2D eigenvalue weighted by Gasteiger charge is 2.37. The first kappa shape index (κ1) is 13.5. The number of ketones is 1. The SMILES string of the molecule is CCOC(=O)CCN1C(=O)C(=O)c2c(Cl)cccc21. The molecule has 0 aromatic heterocycles. The number of hydrogen-bond acceptors (Lipinski definition) is 4. The number of carbonyl (C=O) groups is 3. The lowest BCUT2D eigenvalue weighted by Crippen LogP contribution is -2.32. The molecule has 1 amide bonds. The van der Waals surface area contributed by atoms with Gasteiger partial charge in [0.15, 0.2) is 0 Å². The summed E-state index contributed by atoms with van der Waals surface area (Å²) in [6.45, 7) is 2.10. The first-order valence-corrected chi connectivity index (χ1v) is 6.24. The standard InChI is InChI=1S/C13H12ClNO4/c1-2-19-10(16)6-7-15-9-5-3-4-8(14)11(9)12(17)13(15)18/h3-5H,2,6-7H2,1H3. The van der Waals surface area contributed by atoms with Crippen LogP contribution in [0.3, 0.4) is 0 Å². The van der Waals surface area contributed by atoms with Crippen molar-refractivity contribution in [2.24, 2.45) is 0 Å². The third kappa shape index (κ3) is 2.46. The normalized spacial score (nSPS) is 13.7.